The summed E-state index contributed by atoms with van der Waals surface area (Å²) in [6.45, 7) is 0. The first-order valence-corrected chi connectivity index (χ1v) is 11.2. The lowest BCUT2D eigenvalue weighted by molar-refractivity contribution is -0.118. The summed E-state index contributed by atoms with van der Waals surface area (Å²) in [7, 11) is 0. The SMILES string of the molecule is O=C(CSc1nnc(-c2ccncc2)n1-c1ccc(Br)cc1)NN=Cc1cccc(F)c1. The van der Waals surface area contributed by atoms with Crippen molar-refractivity contribution in [3.05, 3.63) is 88.9 Å². The zero-order valence-electron chi connectivity index (χ0n) is 16.5. The zero-order valence-corrected chi connectivity index (χ0v) is 18.9. The number of hydrazone groups is 1. The second-order valence-electron chi connectivity index (χ2n) is 6.49. The molecule has 1 N–H and O–H groups in total. The van der Waals surface area contributed by atoms with Gasteiger partial charge in [0, 0.05) is 28.1 Å². The van der Waals surface area contributed by atoms with Gasteiger partial charge in [0.2, 0.25) is 0 Å². The molecular formula is C22H16BrFN6OS. The molecule has 2 heterocycles. The first-order chi connectivity index (χ1) is 15.6. The molecule has 2 aromatic heterocycles. The Labute approximate surface area is 195 Å². The highest BCUT2D eigenvalue weighted by Gasteiger charge is 2.17. The molecule has 0 radical (unpaired) electrons. The maximum Gasteiger partial charge on any atom is 0.250 e. The number of hydrogen-bond acceptors (Lipinski definition) is 6. The fourth-order valence-electron chi connectivity index (χ4n) is 2.80. The molecule has 0 saturated carbocycles. The quantitative estimate of drug-likeness (QED) is 0.225. The fourth-order valence-corrected chi connectivity index (χ4v) is 3.81. The van der Waals surface area contributed by atoms with Crippen molar-refractivity contribution < 1.29 is 9.18 Å². The third-order valence-corrected chi connectivity index (χ3v) is 5.70. The van der Waals surface area contributed by atoms with Crippen molar-refractivity contribution >= 4 is 39.8 Å². The molecule has 10 heteroatoms. The van der Waals surface area contributed by atoms with Gasteiger partial charge in [-0.3, -0.25) is 14.3 Å². The predicted molar refractivity (Wildman–Crippen MR) is 125 cm³/mol. The van der Waals surface area contributed by atoms with Crippen LogP contribution in [0.5, 0.6) is 0 Å². The molecule has 0 unspecified atom stereocenters. The number of hydrogen-bond donors (Lipinski definition) is 1. The number of benzene rings is 2. The molecule has 0 aliphatic rings. The van der Waals surface area contributed by atoms with Crippen LogP contribution in [-0.4, -0.2) is 37.6 Å². The van der Waals surface area contributed by atoms with E-state index in [9.17, 15) is 9.18 Å². The molecule has 4 aromatic rings. The van der Waals surface area contributed by atoms with Crippen LogP contribution in [0, 0.1) is 5.82 Å². The average molecular weight is 511 g/mol. The van der Waals surface area contributed by atoms with E-state index < -0.39 is 0 Å². The molecule has 7 nitrogen and oxygen atoms in total. The Morgan fingerprint density at radius 1 is 1.12 bits per heavy atom. The van der Waals surface area contributed by atoms with Crippen LogP contribution >= 0.6 is 27.7 Å². The number of nitrogens with zero attached hydrogens (tertiary/aromatic N) is 5. The Balaban J connectivity index is 1.50. The summed E-state index contributed by atoms with van der Waals surface area (Å²) in [6.07, 6.45) is 4.76. The highest BCUT2D eigenvalue weighted by Crippen LogP contribution is 2.28. The molecule has 0 spiro atoms. The highest BCUT2D eigenvalue weighted by atomic mass is 79.9. The molecule has 0 atom stereocenters. The van der Waals surface area contributed by atoms with Crippen molar-refractivity contribution in [1.29, 1.82) is 0 Å². The van der Waals surface area contributed by atoms with Gasteiger partial charge in [-0.15, -0.1) is 10.2 Å². The number of nitrogens with one attached hydrogen (secondary N) is 1. The van der Waals surface area contributed by atoms with E-state index in [-0.39, 0.29) is 17.5 Å². The van der Waals surface area contributed by atoms with Crippen molar-refractivity contribution in [2.75, 3.05) is 5.75 Å². The normalized spacial score (nSPS) is 11.1. The van der Waals surface area contributed by atoms with E-state index in [1.54, 1.807) is 24.5 Å². The summed E-state index contributed by atoms with van der Waals surface area (Å²) in [4.78, 5) is 16.3. The lowest BCUT2D eigenvalue weighted by atomic mass is 10.2. The van der Waals surface area contributed by atoms with E-state index in [0.717, 1.165) is 15.7 Å². The molecule has 0 fully saturated rings. The van der Waals surface area contributed by atoms with Gasteiger partial charge in [0.15, 0.2) is 11.0 Å². The van der Waals surface area contributed by atoms with Crippen LogP contribution in [0.3, 0.4) is 0 Å². The van der Waals surface area contributed by atoms with Crippen molar-refractivity contribution in [3.63, 3.8) is 0 Å². The third-order valence-electron chi connectivity index (χ3n) is 4.24. The minimum absolute atomic E-state index is 0.0749. The highest BCUT2D eigenvalue weighted by molar-refractivity contribution is 9.10. The number of amides is 1. The van der Waals surface area contributed by atoms with Crippen LogP contribution < -0.4 is 5.43 Å². The monoisotopic (exact) mass is 510 g/mol. The molecule has 0 aliphatic carbocycles. The zero-order chi connectivity index (χ0) is 22.3. The van der Waals surface area contributed by atoms with Crippen LogP contribution in [0.1, 0.15) is 5.56 Å². The van der Waals surface area contributed by atoms with Gasteiger partial charge >= 0.3 is 0 Å². The predicted octanol–water partition coefficient (Wildman–Crippen LogP) is 4.47. The summed E-state index contributed by atoms with van der Waals surface area (Å²) >= 11 is 4.68. The molecular weight excluding hydrogens is 495 g/mol. The van der Waals surface area contributed by atoms with Gasteiger partial charge < -0.3 is 0 Å². The Bertz CT molecular complexity index is 1250. The first kappa shape index (κ1) is 21.8. The molecule has 0 saturated heterocycles. The van der Waals surface area contributed by atoms with Gasteiger partial charge in [0.25, 0.3) is 5.91 Å². The van der Waals surface area contributed by atoms with Gasteiger partial charge in [-0.1, -0.05) is 39.8 Å². The van der Waals surface area contributed by atoms with Gasteiger partial charge in [-0.05, 0) is 54.1 Å². The van der Waals surface area contributed by atoms with Gasteiger partial charge in [-0.25, -0.2) is 9.82 Å². The maximum absolute atomic E-state index is 13.2. The number of carbonyl (C=O) groups is 1. The topological polar surface area (TPSA) is 85.1 Å². The summed E-state index contributed by atoms with van der Waals surface area (Å²) in [5, 5.41) is 13.1. The standard InChI is InChI=1S/C22H16BrFN6OS/c23-17-4-6-19(7-5-17)30-21(16-8-10-25-11-9-16)28-29-22(30)32-14-20(31)27-26-13-15-2-1-3-18(24)12-15/h1-13H,14H2,(H,27,31). The van der Waals surface area contributed by atoms with Crippen LogP contribution in [0.2, 0.25) is 0 Å². The Morgan fingerprint density at radius 2 is 1.91 bits per heavy atom. The minimum Gasteiger partial charge on any atom is -0.272 e. The Hall–Kier alpha value is -3.37. The molecule has 0 aliphatic heterocycles. The van der Waals surface area contributed by atoms with E-state index in [0.29, 0.717) is 16.5 Å². The number of aromatic nitrogens is 4. The van der Waals surface area contributed by atoms with Crippen LogP contribution in [-0.2, 0) is 4.79 Å². The molecule has 1 amide bonds. The van der Waals surface area contributed by atoms with E-state index in [2.05, 4.69) is 41.6 Å². The molecule has 4 rings (SSSR count). The first-order valence-electron chi connectivity index (χ1n) is 9.42. The second kappa shape index (κ2) is 10.3. The van der Waals surface area contributed by atoms with E-state index in [1.165, 1.54) is 30.1 Å². The molecule has 0 bridgehead atoms. The Morgan fingerprint density at radius 3 is 2.66 bits per heavy atom. The fraction of sp³-hybridized carbons (Fsp3) is 0.0455. The lowest BCUT2D eigenvalue weighted by Gasteiger charge is -2.10. The van der Waals surface area contributed by atoms with E-state index in [1.807, 2.05) is 41.0 Å². The summed E-state index contributed by atoms with van der Waals surface area (Å²) in [5.74, 6) is 0.0271. The molecule has 32 heavy (non-hydrogen) atoms. The minimum atomic E-state index is -0.367. The van der Waals surface area contributed by atoms with E-state index >= 15 is 0 Å². The van der Waals surface area contributed by atoms with Gasteiger partial charge in [0.05, 0.1) is 12.0 Å². The summed E-state index contributed by atoms with van der Waals surface area (Å²) in [5.41, 5.74) is 4.70. The van der Waals surface area contributed by atoms with Crippen LogP contribution in [0.4, 0.5) is 4.39 Å². The second-order valence-corrected chi connectivity index (χ2v) is 8.35. The van der Waals surface area contributed by atoms with E-state index in [4.69, 9.17) is 0 Å². The van der Waals surface area contributed by atoms with Crippen molar-refractivity contribution in [2.24, 2.45) is 5.10 Å². The average Bonchev–Trinajstić information content (AvgIpc) is 3.23. The number of carbonyl (C=O) groups excluding carboxylic acids is 1. The van der Waals surface area contributed by atoms with Crippen LogP contribution in [0.25, 0.3) is 17.1 Å². The lowest BCUT2D eigenvalue weighted by Crippen LogP contribution is -2.20. The Kier molecular flexibility index (Phi) is 7.03. The van der Waals surface area contributed by atoms with Crippen LogP contribution in [0.15, 0.2) is 87.8 Å². The maximum atomic E-state index is 13.2. The smallest absolute Gasteiger partial charge is 0.250 e. The summed E-state index contributed by atoms with van der Waals surface area (Å²) < 4.78 is 16.0. The number of rotatable bonds is 7. The van der Waals surface area contributed by atoms with Crippen molar-refractivity contribution in [2.45, 2.75) is 5.16 Å². The van der Waals surface area contributed by atoms with Crippen molar-refractivity contribution in [3.8, 4) is 17.1 Å². The number of halogens is 2. The largest absolute Gasteiger partial charge is 0.272 e. The van der Waals surface area contributed by atoms with Crippen molar-refractivity contribution in [1.82, 2.24) is 25.2 Å². The molecule has 160 valence electrons. The number of thioether (sulfide) groups is 1. The molecule has 2 aromatic carbocycles. The number of pyridine rings is 1. The van der Waals surface area contributed by atoms with Gasteiger partial charge in [0.1, 0.15) is 5.82 Å². The third kappa shape index (κ3) is 5.45. The van der Waals surface area contributed by atoms with Gasteiger partial charge in [-0.2, -0.15) is 5.10 Å². The summed E-state index contributed by atoms with van der Waals surface area (Å²) in [6, 6.07) is 17.3.